The van der Waals surface area contributed by atoms with E-state index in [1.165, 1.54) is 0 Å². The first-order valence-corrected chi connectivity index (χ1v) is 5.57. The number of aliphatic hydroxyl groups excluding tert-OH is 1. The van der Waals surface area contributed by atoms with Crippen molar-refractivity contribution in [3.8, 4) is 0 Å². The fourth-order valence-electron chi connectivity index (χ4n) is 1.61. The van der Waals surface area contributed by atoms with Crippen molar-refractivity contribution in [1.82, 2.24) is 0 Å². The number of benzene rings is 1. The second-order valence-electron chi connectivity index (χ2n) is 3.89. The molecule has 0 bridgehead atoms. The number of hydrogen-bond donors (Lipinski definition) is 3. The first kappa shape index (κ1) is 14.1. The molecule has 0 aliphatic carbocycles. The van der Waals surface area contributed by atoms with Crippen molar-refractivity contribution in [2.45, 2.75) is 19.4 Å². The number of rotatable bonds is 6. The molecule has 0 aromatic heterocycles. The summed E-state index contributed by atoms with van der Waals surface area (Å²) in [7, 11) is 0. The Bertz CT molecular complexity index is 455. The minimum absolute atomic E-state index is 0.140. The lowest BCUT2D eigenvalue weighted by atomic mass is 9.92. The first-order chi connectivity index (χ1) is 8.49. The molecule has 5 heteroatoms. The largest absolute Gasteiger partial charge is 0.481 e. The summed E-state index contributed by atoms with van der Waals surface area (Å²) in [4.78, 5) is 22.7. The highest BCUT2D eigenvalue weighted by Crippen LogP contribution is 2.17. The van der Waals surface area contributed by atoms with Crippen molar-refractivity contribution >= 4 is 17.5 Å². The highest BCUT2D eigenvalue weighted by Gasteiger charge is 2.30. The zero-order valence-corrected chi connectivity index (χ0v) is 9.96. The smallest absolute Gasteiger partial charge is 0.312 e. The van der Waals surface area contributed by atoms with Crippen LogP contribution in [0.2, 0.25) is 0 Å². The van der Waals surface area contributed by atoms with Gasteiger partial charge in [-0.05, 0) is 12.0 Å². The molecule has 0 fully saturated rings. The maximum absolute atomic E-state index is 11.8. The molecule has 0 saturated heterocycles. The number of carbonyl (C=O) groups is 2. The standard InChI is InChI=1S/C13H15NO4/c1-2-9(13(17)18)10(14)12(16)11(15)8-6-4-3-5-7-8/h3-7,9,11,14-15H,2H2,1H3,(H,17,18)/t9-,11?/m0/s1. The minimum atomic E-state index is -1.48. The Kier molecular flexibility index (Phi) is 4.74. The number of Topliss-reactive ketones (excluding diaryl/α,β-unsaturated/α-hetero) is 1. The van der Waals surface area contributed by atoms with Crippen LogP contribution in [0.4, 0.5) is 0 Å². The van der Waals surface area contributed by atoms with E-state index in [1.54, 1.807) is 37.3 Å². The third kappa shape index (κ3) is 3.01. The minimum Gasteiger partial charge on any atom is -0.481 e. The van der Waals surface area contributed by atoms with Gasteiger partial charge in [0.05, 0.1) is 5.71 Å². The Morgan fingerprint density at radius 2 is 1.83 bits per heavy atom. The van der Waals surface area contributed by atoms with E-state index in [1.807, 2.05) is 0 Å². The van der Waals surface area contributed by atoms with Crippen molar-refractivity contribution in [2.24, 2.45) is 5.92 Å². The lowest BCUT2D eigenvalue weighted by molar-refractivity contribution is -0.140. The molecular weight excluding hydrogens is 234 g/mol. The number of carboxylic acids is 1. The van der Waals surface area contributed by atoms with E-state index in [9.17, 15) is 14.7 Å². The van der Waals surface area contributed by atoms with Gasteiger partial charge in [-0.1, -0.05) is 37.3 Å². The number of aliphatic carboxylic acids is 1. The maximum atomic E-state index is 11.8. The summed E-state index contributed by atoms with van der Waals surface area (Å²) in [6.45, 7) is 1.58. The number of carboxylic acid groups (broad SMARTS) is 1. The first-order valence-electron chi connectivity index (χ1n) is 5.57. The fraction of sp³-hybridized carbons (Fsp3) is 0.308. The van der Waals surface area contributed by atoms with Gasteiger partial charge in [0.25, 0.3) is 0 Å². The van der Waals surface area contributed by atoms with Crippen molar-refractivity contribution in [2.75, 3.05) is 0 Å². The number of nitrogens with one attached hydrogen (secondary N) is 1. The second-order valence-corrected chi connectivity index (χ2v) is 3.89. The molecule has 2 atom stereocenters. The average Bonchev–Trinajstić information content (AvgIpc) is 2.38. The Morgan fingerprint density at radius 3 is 2.28 bits per heavy atom. The number of hydrogen-bond acceptors (Lipinski definition) is 4. The molecule has 3 N–H and O–H groups in total. The molecule has 1 aromatic carbocycles. The molecule has 0 aliphatic rings. The number of carbonyl (C=O) groups excluding carboxylic acids is 1. The summed E-state index contributed by atoms with van der Waals surface area (Å²) in [6, 6.07) is 8.15. The van der Waals surface area contributed by atoms with Crippen LogP contribution in [0.25, 0.3) is 0 Å². The molecule has 18 heavy (non-hydrogen) atoms. The van der Waals surface area contributed by atoms with Gasteiger partial charge in [-0.15, -0.1) is 0 Å². The van der Waals surface area contributed by atoms with E-state index in [2.05, 4.69) is 0 Å². The molecule has 1 unspecified atom stereocenters. The fourth-order valence-corrected chi connectivity index (χ4v) is 1.61. The maximum Gasteiger partial charge on any atom is 0.312 e. The average molecular weight is 249 g/mol. The summed E-state index contributed by atoms with van der Waals surface area (Å²) in [5, 5.41) is 26.2. The van der Waals surface area contributed by atoms with E-state index in [0.717, 1.165) is 0 Å². The topological polar surface area (TPSA) is 98.5 Å². The van der Waals surface area contributed by atoms with Crippen molar-refractivity contribution in [3.05, 3.63) is 35.9 Å². The molecule has 0 aliphatic heterocycles. The molecule has 0 spiro atoms. The Labute approximate surface area is 105 Å². The van der Waals surface area contributed by atoms with Gasteiger partial charge < -0.3 is 15.6 Å². The van der Waals surface area contributed by atoms with Crippen molar-refractivity contribution in [3.63, 3.8) is 0 Å². The molecule has 0 saturated carbocycles. The van der Waals surface area contributed by atoms with Crippen molar-refractivity contribution in [1.29, 1.82) is 5.41 Å². The van der Waals surface area contributed by atoms with E-state index in [4.69, 9.17) is 10.5 Å². The van der Waals surface area contributed by atoms with Crippen LogP contribution in [0, 0.1) is 11.3 Å². The summed E-state index contributed by atoms with van der Waals surface area (Å²) in [6.07, 6.45) is -1.34. The van der Waals surface area contributed by atoms with E-state index < -0.39 is 29.5 Å². The van der Waals surface area contributed by atoms with Crippen LogP contribution < -0.4 is 0 Å². The highest BCUT2D eigenvalue weighted by atomic mass is 16.4. The van der Waals surface area contributed by atoms with E-state index in [0.29, 0.717) is 5.56 Å². The molecule has 0 heterocycles. The molecule has 0 radical (unpaired) electrons. The van der Waals surface area contributed by atoms with Gasteiger partial charge in [-0.25, -0.2) is 0 Å². The number of aliphatic hydroxyl groups is 1. The van der Waals surface area contributed by atoms with Crippen LogP contribution in [-0.2, 0) is 9.59 Å². The van der Waals surface area contributed by atoms with Gasteiger partial charge in [-0.3, -0.25) is 9.59 Å². The van der Waals surface area contributed by atoms with Gasteiger partial charge in [-0.2, -0.15) is 0 Å². The quantitative estimate of drug-likeness (QED) is 0.664. The SMILES string of the molecule is CC[C@@H](C(=N)C(=O)C(O)c1ccccc1)C(=O)O. The Hall–Kier alpha value is -2.01. The van der Waals surface area contributed by atoms with Gasteiger partial charge in [0.1, 0.15) is 12.0 Å². The third-order valence-electron chi connectivity index (χ3n) is 2.68. The predicted molar refractivity (Wildman–Crippen MR) is 65.6 cm³/mol. The molecule has 96 valence electrons. The van der Waals surface area contributed by atoms with Crippen LogP contribution in [0.3, 0.4) is 0 Å². The predicted octanol–water partition coefficient (Wildman–Crippen LogP) is 1.42. The lowest BCUT2D eigenvalue weighted by Crippen LogP contribution is -2.32. The molecule has 1 aromatic rings. The Balaban J connectivity index is 2.88. The zero-order valence-electron chi connectivity index (χ0n) is 9.96. The Morgan fingerprint density at radius 1 is 1.28 bits per heavy atom. The summed E-state index contributed by atoms with van der Waals surface area (Å²) >= 11 is 0. The van der Waals surface area contributed by atoms with Gasteiger partial charge in [0.2, 0.25) is 5.78 Å². The normalized spacial score (nSPS) is 13.7. The second kappa shape index (κ2) is 6.07. The summed E-state index contributed by atoms with van der Waals surface area (Å²) < 4.78 is 0. The molecule has 5 nitrogen and oxygen atoms in total. The van der Waals surface area contributed by atoms with E-state index >= 15 is 0 Å². The van der Waals surface area contributed by atoms with Crippen LogP contribution in [0.5, 0.6) is 0 Å². The van der Waals surface area contributed by atoms with Crippen molar-refractivity contribution < 1.29 is 19.8 Å². The highest BCUT2D eigenvalue weighted by molar-refractivity contribution is 6.43. The van der Waals surface area contributed by atoms with Gasteiger partial charge in [0, 0.05) is 0 Å². The van der Waals surface area contributed by atoms with Gasteiger partial charge >= 0.3 is 5.97 Å². The molecule has 1 rings (SSSR count). The van der Waals surface area contributed by atoms with Crippen LogP contribution >= 0.6 is 0 Å². The summed E-state index contributed by atoms with van der Waals surface area (Å²) in [5.74, 6) is -3.26. The zero-order chi connectivity index (χ0) is 13.7. The summed E-state index contributed by atoms with van der Waals surface area (Å²) in [5.41, 5.74) is -0.214. The third-order valence-corrected chi connectivity index (χ3v) is 2.68. The van der Waals surface area contributed by atoms with Crippen LogP contribution in [0.15, 0.2) is 30.3 Å². The lowest BCUT2D eigenvalue weighted by Gasteiger charge is -2.14. The van der Waals surface area contributed by atoms with Gasteiger partial charge in [0.15, 0.2) is 0 Å². The molecule has 0 amide bonds. The number of ketones is 1. The van der Waals surface area contributed by atoms with Crippen LogP contribution in [0.1, 0.15) is 25.0 Å². The van der Waals surface area contributed by atoms with E-state index in [-0.39, 0.29) is 6.42 Å². The van der Waals surface area contributed by atoms with Crippen LogP contribution in [-0.4, -0.2) is 27.7 Å². The monoisotopic (exact) mass is 249 g/mol. The molecular formula is C13H15NO4.